The number of thioether (sulfide) groups is 1. The average molecular weight is 212 g/mol. The highest BCUT2D eigenvalue weighted by atomic mass is 32.2. The van der Waals surface area contributed by atoms with Crippen molar-refractivity contribution in [2.45, 2.75) is 37.9 Å². The molecule has 2 nitrogen and oxygen atoms in total. The highest BCUT2D eigenvalue weighted by Crippen LogP contribution is 2.79. The summed E-state index contributed by atoms with van der Waals surface area (Å²) < 4.78 is -0.440. The standard InChI is InChI=1S/C11H16O2S/c1-9-6-14-11(8(12)13)5-7(9)3-4-10(9,11)2/h7H,3-6H2,1-2H3,(H,12,13)/t7-,9-,10+,11-/m1/s1. The zero-order chi connectivity index (χ0) is 10.2. The van der Waals surface area contributed by atoms with Crippen molar-refractivity contribution >= 4 is 17.7 Å². The van der Waals surface area contributed by atoms with Crippen LogP contribution in [0.5, 0.6) is 0 Å². The number of aliphatic carboxylic acids is 1. The summed E-state index contributed by atoms with van der Waals surface area (Å²) in [5.74, 6) is 1.17. The maximum atomic E-state index is 11.5. The quantitative estimate of drug-likeness (QED) is 0.725. The molecule has 3 aliphatic rings. The zero-order valence-electron chi connectivity index (χ0n) is 8.67. The first-order chi connectivity index (χ1) is 6.46. The van der Waals surface area contributed by atoms with E-state index >= 15 is 0 Å². The Bertz CT molecular complexity index is 329. The van der Waals surface area contributed by atoms with Gasteiger partial charge >= 0.3 is 5.97 Å². The van der Waals surface area contributed by atoms with Crippen LogP contribution in [-0.2, 0) is 4.79 Å². The van der Waals surface area contributed by atoms with Gasteiger partial charge < -0.3 is 5.11 Å². The maximum Gasteiger partial charge on any atom is 0.320 e. The van der Waals surface area contributed by atoms with Crippen molar-refractivity contribution in [1.29, 1.82) is 0 Å². The summed E-state index contributed by atoms with van der Waals surface area (Å²) in [7, 11) is 0. The molecule has 0 unspecified atom stereocenters. The summed E-state index contributed by atoms with van der Waals surface area (Å²) in [5.41, 5.74) is 0.358. The molecule has 0 aromatic carbocycles. The number of hydrogen-bond acceptors (Lipinski definition) is 2. The van der Waals surface area contributed by atoms with E-state index in [0.29, 0.717) is 11.3 Å². The van der Waals surface area contributed by atoms with Crippen LogP contribution in [0, 0.1) is 16.7 Å². The number of carboxylic acid groups (broad SMARTS) is 1. The largest absolute Gasteiger partial charge is 0.480 e. The lowest BCUT2D eigenvalue weighted by molar-refractivity contribution is -0.143. The second-order valence-corrected chi connectivity index (χ2v) is 6.88. The lowest BCUT2D eigenvalue weighted by Crippen LogP contribution is -2.46. The van der Waals surface area contributed by atoms with Crippen molar-refractivity contribution in [2.24, 2.45) is 16.7 Å². The molecule has 1 N–H and O–H groups in total. The first-order valence-corrected chi connectivity index (χ1v) is 6.32. The molecule has 4 atom stereocenters. The van der Waals surface area contributed by atoms with Crippen molar-refractivity contribution < 1.29 is 9.90 Å². The Morgan fingerprint density at radius 2 is 2.21 bits per heavy atom. The van der Waals surface area contributed by atoms with E-state index in [-0.39, 0.29) is 5.41 Å². The first-order valence-electron chi connectivity index (χ1n) is 5.34. The molecule has 0 aromatic rings. The fraction of sp³-hybridized carbons (Fsp3) is 0.909. The summed E-state index contributed by atoms with van der Waals surface area (Å²) in [4.78, 5) is 11.5. The number of hydrogen-bond donors (Lipinski definition) is 1. The highest BCUT2D eigenvalue weighted by Gasteiger charge is 2.77. The van der Waals surface area contributed by atoms with E-state index in [1.54, 1.807) is 11.8 Å². The van der Waals surface area contributed by atoms with Gasteiger partial charge in [-0.2, -0.15) is 0 Å². The van der Waals surface area contributed by atoms with Gasteiger partial charge in [-0.1, -0.05) is 13.8 Å². The van der Waals surface area contributed by atoms with E-state index in [4.69, 9.17) is 0 Å². The van der Waals surface area contributed by atoms with E-state index in [1.807, 2.05) is 0 Å². The second-order valence-electron chi connectivity index (χ2n) is 5.61. The fourth-order valence-corrected chi connectivity index (χ4v) is 6.43. The minimum atomic E-state index is -0.559. The van der Waals surface area contributed by atoms with Crippen molar-refractivity contribution in [1.82, 2.24) is 0 Å². The van der Waals surface area contributed by atoms with Crippen LogP contribution in [0.25, 0.3) is 0 Å². The summed E-state index contributed by atoms with van der Waals surface area (Å²) in [6.45, 7) is 4.53. The molecule has 0 aromatic heterocycles. The molecule has 2 aliphatic carbocycles. The van der Waals surface area contributed by atoms with Gasteiger partial charge in [0, 0.05) is 5.75 Å². The smallest absolute Gasteiger partial charge is 0.320 e. The molecular formula is C11H16O2S. The van der Waals surface area contributed by atoms with Gasteiger partial charge in [0.1, 0.15) is 4.75 Å². The summed E-state index contributed by atoms with van der Waals surface area (Å²) in [6, 6.07) is 0. The lowest BCUT2D eigenvalue weighted by Gasteiger charge is -2.38. The fourth-order valence-electron chi connectivity index (χ4n) is 4.23. The normalized spacial score (nSPS) is 59.4. The van der Waals surface area contributed by atoms with Crippen LogP contribution in [-0.4, -0.2) is 21.6 Å². The Balaban J connectivity index is 2.18. The van der Waals surface area contributed by atoms with E-state index in [9.17, 15) is 9.90 Å². The van der Waals surface area contributed by atoms with Gasteiger partial charge in [-0.05, 0) is 36.0 Å². The Morgan fingerprint density at radius 3 is 2.64 bits per heavy atom. The van der Waals surface area contributed by atoms with Gasteiger partial charge in [0.25, 0.3) is 0 Å². The minimum Gasteiger partial charge on any atom is -0.480 e. The monoisotopic (exact) mass is 212 g/mol. The van der Waals surface area contributed by atoms with Crippen molar-refractivity contribution in [2.75, 3.05) is 5.75 Å². The number of carboxylic acids is 1. The van der Waals surface area contributed by atoms with Crippen LogP contribution in [0.1, 0.15) is 33.1 Å². The number of rotatable bonds is 1. The van der Waals surface area contributed by atoms with Crippen molar-refractivity contribution in [3.8, 4) is 0 Å². The summed E-state index contributed by atoms with van der Waals surface area (Å²) >= 11 is 1.71. The Labute approximate surface area is 88.5 Å². The van der Waals surface area contributed by atoms with Gasteiger partial charge in [-0.25, -0.2) is 0 Å². The van der Waals surface area contributed by atoms with Crippen LogP contribution in [0.3, 0.4) is 0 Å². The molecule has 1 aliphatic heterocycles. The molecule has 3 rings (SSSR count). The van der Waals surface area contributed by atoms with E-state index in [2.05, 4.69) is 13.8 Å². The third kappa shape index (κ3) is 0.605. The molecule has 3 heteroatoms. The van der Waals surface area contributed by atoms with Crippen LogP contribution in [0.2, 0.25) is 0 Å². The second kappa shape index (κ2) is 2.16. The SMILES string of the molecule is C[C@@]12CC[C@@H]3C[C@]1(C(=O)O)SC[C@]32C. The number of carbonyl (C=O) groups is 1. The molecule has 1 saturated heterocycles. The van der Waals surface area contributed by atoms with Crippen LogP contribution < -0.4 is 0 Å². The Hall–Kier alpha value is -0.180. The van der Waals surface area contributed by atoms with Gasteiger partial charge in [0.05, 0.1) is 0 Å². The lowest BCUT2D eigenvalue weighted by atomic mass is 9.66. The summed E-state index contributed by atoms with van der Waals surface area (Å²) in [6.07, 6.45) is 3.29. The molecule has 4 bridgehead atoms. The average Bonchev–Trinajstić information content (AvgIpc) is 2.58. The van der Waals surface area contributed by atoms with Gasteiger partial charge in [0.15, 0.2) is 0 Å². The van der Waals surface area contributed by atoms with Crippen LogP contribution in [0.15, 0.2) is 0 Å². The first kappa shape index (κ1) is 9.08. The van der Waals surface area contributed by atoms with E-state index in [1.165, 1.54) is 6.42 Å². The van der Waals surface area contributed by atoms with Crippen molar-refractivity contribution in [3.63, 3.8) is 0 Å². The molecule has 3 fully saturated rings. The molecule has 2 saturated carbocycles. The highest BCUT2D eigenvalue weighted by molar-refractivity contribution is 8.01. The maximum absolute atomic E-state index is 11.5. The third-order valence-electron chi connectivity index (χ3n) is 5.54. The predicted molar refractivity (Wildman–Crippen MR) is 56.4 cm³/mol. The molecule has 1 heterocycles. The Kier molecular flexibility index (Phi) is 1.40. The Morgan fingerprint density at radius 1 is 1.50 bits per heavy atom. The van der Waals surface area contributed by atoms with E-state index < -0.39 is 10.7 Å². The minimum absolute atomic E-state index is 0.0567. The molecule has 78 valence electrons. The molecule has 14 heavy (non-hydrogen) atoms. The van der Waals surface area contributed by atoms with Crippen LogP contribution >= 0.6 is 11.8 Å². The third-order valence-corrected chi connectivity index (χ3v) is 7.57. The zero-order valence-corrected chi connectivity index (χ0v) is 9.49. The molecule has 0 radical (unpaired) electrons. The van der Waals surface area contributed by atoms with Gasteiger partial charge in [0.2, 0.25) is 0 Å². The summed E-state index contributed by atoms with van der Waals surface area (Å²) in [5, 5.41) is 9.47. The van der Waals surface area contributed by atoms with E-state index in [0.717, 1.165) is 18.6 Å². The molecule has 0 amide bonds. The van der Waals surface area contributed by atoms with Crippen molar-refractivity contribution in [3.05, 3.63) is 0 Å². The predicted octanol–water partition coefficient (Wildman–Crippen LogP) is 2.38. The van der Waals surface area contributed by atoms with Gasteiger partial charge in [-0.15, -0.1) is 11.8 Å². The molecular weight excluding hydrogens is 196 g/mol. The van der Waals surface area contributed by atoms with Crippen LogP contribution in [0.4, 0.5) is 0 Å². The molecule has 0 spiro atoms. The topological polar surface area (TPSA) is 37.3 Å². The van der Waals surface area contributed by atoms with Gasteiger partial charge in [-0.3, -0.25) is 4.79 Å².